The minimum absolute atomic E-state index is 0.0980. The second-order valence-electron chi connectivity index (χ2n) is 5.99. The molecule has 156 valence electrons. The van der Waals surface area contributed by atoms with Gasteiger partial charge < -0.3 is 5.32 Å². The number of anilines is 2. The maximum absolute atomic E-state index is 13.0. The Kier molecular flexibility index (Phi) is 6.68. The van der Waals surface area contributed by atoms with Crippen molar-refractivity contribution in [3.63, 3.8) is 0 Å². The topological polar surface area (TPSA) is 75.3 Å². The number of rotatable bonds is 7. The summed E-state index contributed by atoms with van der Waals surface area (Å²) >= 11 is 0.407. The zero-order valence-electron chi connectivity index (χ0n) is 15.2. The standard InChI is InChI=1S/C20H15F3N2O3S2/c21-14-3-11-18(12-4-14)30(27,28)25-16-5-1-13(2-6-16)19(26)24-15-7-9-17(10-8-15)29-20(22)23/h1-12,20,25H,(H,24,26). The van der Waals surface area contributed by atoms with Crippen LogP contribution in [0.5, 0.6) is 0 Å². The van der Waals surface area contributed by atoms with Crippen LogP contribution >= 0.6 is 11.8 Å². The average Bonchev–Trinajstić information content (AvgIpc) is 2.69. The summed E-state index contributed by atoms with van der Waals surface area (Å²) in [5.41, 5.74) is 0.926. The van der Waals surface area contributed by atoms with E-state index in [-0.39, 0.29) is 16.1 Å². The van der Waals surface area contributed by atoms with E-state index in [0.717, 1.165) is 24.3 Å². The summed E-state index contributed by atoms with van der Waals surface area (Å²) < 4.78 is 64.6. The normalized spacial score (nSPS) is 11.3. The molecular weight excluding hydrogens is 437 g/mol. The Balaban J connectivity index is 1.64. The van der Waals surface area contributed by atoms with Gasteiger partial charge in [-0.05, 0) is 72.8 Å². The summed E-state index contributed by atoms with van der Waals surface area (Å²) in [6, 6.07) is 16.0. The lowest BCUT2D eigenvalue weighted by molar-refractivity contribution is 0.102. The predicted octanol–water partition coefficient (Wildman–Crippen LogP) is 5.19. The van der Waals surface area contributed by atoms with Crippen molar-refractivity contribution in [2.75, 3.05) is 10.0 Å². The SMILES string of the molecule is O=C(Nc1ccc(SC(F)F)cc1)c1ccc(NS(=O)(=O)c2ccc(F)cc2)cc1. The molecule has 2 N–H and O–H groups in total. The van der Waals surface area contributed by atoms with Crippen molar-refractivity contribution >= 4 is 39.1 Å². The number of amides is 1. The summed E-state index contributed by atoms with van der Waals surface area (Å²) in [6.07, 6.45) is 0. The van der Waals surface area contributed by atoms with E-state index in [2.05, 4.69) is 10.0 Å². The first kappa shape index (κ1) is 21.7. The molecule has 30 heavy (non-hydrogen) atoms. The van der Waals surface area contributed by atoms with Gasteiger partial charge in [-0.15, -0.1) is 0 Å². The van der Waals surface area contributed by atoms with Crippen LogP contribution in [0.1, 0.15) is 10.4 Å². The third kappa shape index (κ3) is 5.77. The van der Waals surface area contributed by atoms with E-state index >= 15 is 0 Å². The monoisotopic (exact) mass is 452 g/mol. The number of thioether (sulfide) groups is 1. The van der Waals surface area contributed by atoms with Crippen LogP contribution in [0.25, 0.3) is 0 Å². The van der Waals surface area contributed by atoms with Crippen molar-refractivity contribution in [1.82, 2.24) is 0 Å². The summed E-state index contributed by atoms with van der Waals surface area (Å²) in [5, 5.41) is 2.63. The third-order valence-corrected chi connectivity index (χ3v) is 5.98. The Morgan fingerprint density at radius 3 is 1.97 bits per heavy atom. The van der Waals surface area contributed by atoms with Crippen LogP contribution in [-0.2, 0) is 10.0 Å². The van der Waals surface area contributed by atoms with Crippen molar-refractivity contribution in [3.05, 3.63) is 84.2 Å². The summed E-state index contributed by atoms with van der Waals surface area (Å²) in [6.45, 7) is 0. The van der Waals surface area contributed by atoms with E-state index in [1.54, 1.807) is 0 Å². The molecule has 0 unspecified atom stereocenters. The molecule has 0 atom stereocenters. The summed E-state index contributed by atoms with van der Waals surface area (Å²) in [5.74, 6) is -3.52. The third-order valence-electron chi connectivity index (χ3n) is 3.86. The minimum atomic E-state index is -3.90. The number of hydrogen-bond donors (Lipinski definition) is 2. The first-order valence-corrected chi connectivity index (χ1v) is 10.8. The average molecular weight is 452 g/mol. The molecule has 3 aromatic rings. The van der Waals surface area contributed by atoms with Gasteiger partial charge in [-0.3, -0.25) is 9.52 Å². The zero-order chi connectivity index (χ0) is 21.7. The van der Waals surface area contributed by atoms with Crippen molar-refractivity contribution in [2.45, 2.75) is 15.5 Å². The number of benzene rings is 3. The van der Waals surface area contributed by atoms with Crippen LogP contribution in [0.4, 0.5) is 24.5 Å². The number of sulfonamides is 1. The molecule has 0 heterocycles. The maximum Gasteiger partial charge on any atom is 0.288 e. The smallest absolute Gasteiger partial charge is 0.288 e. The summed E-state index contributed by atoms with van der Waals surface area (Å²) in [7, 11) is -3.90. The van der Waals surface area contributed by atoms with Crippen LogP contribution in [0, 0.1) is 5.82 Å². The highest BCUT2D eigenvalue weighted by Gasteiger charge is 2.15. The molecule has 3 rings (SSSR count). The molecule has 0 radical (unpaired) electrons. The number of carbonyl (C=O) groups excluding carboxylic acids is 1. The minimum Gasteiger partial charge on any atom is -0.322 e. The van der Waals surface area contributed by atoms with E-state index in [9.17, 15) is 26.4 Å². The number of hydrogen-bond acceptors (Lipinski definition) is 4. The van der Waals surface area contributed by atoms with Gasteiger partial charge in [0.05, 0.1) is 4.90 Å². The Labute approximate surface area is 175 Å². The molecule has 3 aromatic carbocycles. The van der Waals surface area contributed by atoms with Crippen molar-refractivity contribution in [1.29, 1.82) is 0 Å². The highest BCUT2D eigenvalue weighted by Crippen LogP contribution is 2.26. The quantitative estimate of drug-likeness (QED) is 0.484. The fourth-order valence-corrected chi connectivity index (χ4v) is 4.00. The predicted molar refractivity (Wildman–Crippen MR) is 110 cm³/mol. The van der Waals surface area contributed by atoms with Crippen molar-refractivity contribution in [3.8, 4) is 0 Å². The van der Waals surface area contributed by atoms with E-state index in [1.807, 2.05) is 0 Å². The molecule has 0 saturated carbocycles. The maximum atomic E-state index is 13.0. The summed E-state index contributed by atoms with van der Waals surface area (Å²) in [4.78, 5) is 12.6. The van der Waals surface area contributed by atoms with Crippen LogP contribution in [0.2, 0.25) is 0 Å². The first-order chi connectivity index (χ1) is 14.2. The molecule has 0 saturated heterocycles. The molecule has 0 aliphatic rings. The fraction of sp³-hybridized carbons (Fsp3) is 0.0500. The van der Waals surface area contributed by atoms with Gasteiger partial charge >= 0.3 is 0 Å². The molecule has 0 aliphatic carbocycles. The van der Waals surface area contributed by atoms with Gasteiger partial charge in [0.2, 0.25) is 0 Å². The molecule has 0 bridgehead atoms. The van der Waals surface area contributed by atoms with E-state index in [1.165, 1.54) is 48.5 Å². The van der Waals surface area contributed by atoms with Crippen molar-refractivity contribution < 1.29 is 26.4 Å². The Hall–Kier alpha value is -2.98. The Bertz CT molecular complexity index is 1120. The zero-order valence-corrected chi connectivity index (χ0v) is 16.8. The van der Waals surface area contributed by atoms with E-state index < -0.39 is 27.5 Å². The van der Waals surface area contributed by atoms with Crippen molar-refractivity contribution in [2.24, 2.45) is 0 Å². The van der Waals surface area contributed by atoms with Gasteiger partial charge in [0.1, 0.15) is 5.82 Å². The fourth-order valence-electron chi connectivity index (χ4n) is 2.44. The van der Waals surface area contributed by atoms with Gasteiger partial charge in [-0.2, -0.15) is 8.78 Å². The number of carbonyl (C=O) groups is 1. The first-order valence-electron chi connectivity index (χ1n) is 8.48. The molecule has 1 amide bonds. The largest absolute Gasteiger partial charge is 0.322 e. The lowest BCUT2D eigenvalue weighted by Crippen LogP contribution is -2.14. The molecule has 0 aliphatic heterocycles. The highest BCUT2D eigenvalue weighted by molar-refractivity contribution is 7.99. The van der Waals surface area contributed by atoms with E-state index in [0.29, 0.717) is 22.3 Å². The Morgan fingerprint density at radius 2 is 1.40 bits per heavy atom. The molecule has 0 fully saturated rings. The Morgan fingerprint density at radius 1 is 0.833 bits per heavy atom. The second kappa shape index (κ2) is 9.23. The van der Waals surface area contributed by atoms with Crippen LogP contribution in [0.3, 0.4) is 0 Å². The lowest BCUT2D eigenvalue weighted by atomic mass is 10.2. The molecule has 5 nitrogen and oxygen atoms in total. The van der Waals surface area contributed by atoms with E-state index in [4.69, 9.17) is 0 Å². The number of halogens is 3. The molecule has 10 heteroatoms. The molecule has 0 spiro atoms. The van der Waals surface area contributed by atoms with Gasteiger partial charge in [0.15, 0.2) is 0 Å². The molecule has 0 aromatic heterocycles. The van der Waals surface area contributed by atoms with Gasteiger partial charge in [0.25, 0.3) is 21.7 Å². The number of nitrogens with one attached hydrogen (secondary N) is 2. The lowest BCUT2D eigenvalue weighted by Gasteiger charge is -2.10. The highest BCUT2D eigenvalue weighted by atomic mass is 32.2. The molecular formula is C20H15F3N2O3S2. The van der Waals surface area contributed by atoms with Crippen LogP contribution in [-0.4, -0.2) is 20.1 Å². The van der Waals surface area contributed by atoms with Gasteiger partial charge in [0, 0.05) is 21.8 Å². The second-order valence-corrected chi connectivity index (χ2v) is 8.74. The number of alkyl halides is 2. The van der Waals surface area contributed by atoms with Gasteiger partial charge in [-0.25, -0.2) is 12.8 Å². The van der Waals surface area contributed by atoms with Crippen LogP contribution in [0.15, 0.2) is 82.6 Å². The van der Waals surface area contributed by atoms with Gasteiger partial charge in [-0.1, -0.05) is 11.8 Å². The van der Waals surface area contributed by atoms with Crippen LogP contribution < -0.4 is 10.0 Å².